The normalized spacial score (nSPS) is 48.7. The van der Waals surface area contributed by atoms with Gasteiger partial charge in [-0.3, -0.25) is 0 Å². The van der Waals surface area contributed by atoms with Gasteiger partial charge >= 0.3 is 0 Å². The molecular weight excluding hydrogens is 230 g/mol. The van der Waals surface area contributed by atoms with Crippen LogP contribution >= 0.6 is 0 Å². The zero-order valence-corrected chi connectivity index (χ0v) is 12.9. The van der Waals surface area contributed by atoms with E-state index in [0.29, 0.717) is 22.3 Å². The van der Waals surface area contributed by atoms with Gasteiger partial charge in [0.25, 0.3) is 0 Å². The van der Waals surface area contributed by atoms with Gasteiger partial charge in [-0.25, -0.2) is 0 Å². The lowest BCUT2D eigenvalue weighted by Gasteiger charge is -2.67. The van der Waals surface area contributed by atoms with Crippen LogP contribution in [-0.4, -0.2) is 6.04 Å². The second kappa shape index (κ2) is 4.26. The molecule has 0 heterocycles. The van der Waals surface area contributed by atoms with Crippen molar-refractivity contribution in [2.24, 2.45) is 27.9 Å². The van der Waals surface area contributed by atoms with E-state index < -0.39 is 0 Å². The number of rotatable bonds is 3. The van der Waals surface area contributed by atoms with Crippen molar-refractivity contribution in [1.29, 1.82) is 0 Å². The fourth-order valence-corrected chi connectivity index (χ4v) is 6.61. The summed E-state index contributed by atoms with van der Waals surface area (Å²) in [5.41, 5.74) is 8.28. The van der Waals surface area contributed by atoms with Gasteiger partial charge < -0.3 is 5.73 Å². The van der Waals surface area contributed by atoms with Crippen molar-refractivity contribution in [1.82, 2.24) is 0 Å². The van der Waals surface area contributed by atoms with Crippen LogP contribution in [0.2, 0.25) is 0 Å². The second-order valence-corrected chi connectivity index (χ2v) is 8.56. The van der Waals surface area contributed by atoms with Crippen LogP contribution < -0.4 is 5.73 Å². The molecule has 19 heavy (non-hydrogen) atoms. The van der Waals surface area contributed by atoms with Crippen LogP contribution in [0, 0.1) is 34.0 Å². The van der Waals surface area contributed by atoms with Crippen molar-refractivity contribution in [3.8, 4) is 11.8 Å². The van der Waals surface area contributed by atoms with Crippen molar-refractivity contribution in [3.63, 3.8) is 0 Å². The Kier molecular flexibility index (Phi) is 3.02. The molecule has 4 aliphatic rings. The van der Waals surface area contributed by atoms with Crippen molar-refractivity contribution in [2.75, 3.05) is 0 Å². The fraction of sp³-hybridized carbons (Fsp3) is 0.889. The molecule has 106 valence electrons. The van der Waals surface area contributed by atoms with Gasteiger partial charge in [-0.1, -0.05) is 13.8 Å². The third-order valence-corrected chi connectivity index (χ3v) is 6.21. The van der Waals surface area contributed by atoms with Crippen LogP contribution in [-0.2, 0) is 0 Å². The first-order chi connectivity index (χ1) is 8.89. The van der Waals surface area contributed by atoms with E-state index in [9.17, 15) is 0 Å². The Balaban J connectivity index is 1.81. The minimum Gasteiger partial charge on any atom is -0.327 e. The summed E-state index contributed by atoms with van der Waals surface area (Å²) in [7, 11) is 0. The monoisotopic (exact) mass is 259 g/mol. The van der Waals surface area contributed by atoms with Crippen LogP contribution in [0.4, 0.5) is 0 Å². The average Bonchev–Trinajstić information content (AvgIpc) is 2.24. The predicted molar refractivity (Wildman–Crippen MR) is 80.5 cm³/mol. The maximum absolute atomic E-state index is 6.66. The molecule has 4 saturated carbocycles. The van der Waals surface area contributed by atoms with Crippen LogP contribution in [0.5, 0.6) is 0 Å². The molecule has 3 unspecified atom stereocenters. The SMILES string of the molecule is CC#CCCC(N)C12CC3CC(C)(CC(C)(C3)C1)C2. The van der Waals surface area contributed by atoms with Gasteiger partial charge in [-0.05, 0) is 74.0 Å². The van der Waals surface area contributed by atoms with Crippen LogP contribution in [0.25, 0.3) is 0 Å². The van der Waals surface area contributed by atoms with E-state index in [1.54, 1.807) is 0 Å². The Bertz CT molecular complexity index is 409. The van der Waals surface area contributed by atoms with Crippen LogP contribution in [0.15, 0.2) is 0 Å². The molecule has 2 N–H and O–H groups in total. The molecule has 0 aromatic carbocycles. The summed E-state index contributed by atoms with van der Waals surface area (Å²) in [4.78, 5) is 0. The summed E-state index contributed by atoms with van der Waals surface area (Å²) in [6, 6.07) is 0.371. The highest BCUT2D eigenvalue weighted by atomic mass is 14.8. The maximum Gasteiger partial charge on any atom is 0.0105 e. The highest BCUT2D eigenvalue weighted by molar-refractivity contribution is 5.13. The van der Waals surface area contributed by atoms with E-state index in [1.807, 2.05) is 6.92 Å². The highest BCUT2D eigenvalue weighted by Crippen LogP contribution is 2.70. The Hall–Kier alpha value is -0.480. The van der Waals surface area contributed by atoms with Gasteiger partial charge in [-0.15, -0.1) is 11.8 Å². The van der Waals surface area contributed by atoms with E-state index in [1.165, 1.54) is 38.5 Å². The molecule has 3 atom stereocenters. The molecule has 4 rings (SSSR count). The van der Waals surface area contributed by atoms with Gasteiger partial charge in [0.1, 0.15) is 0 Å². The molecule has 0 saturated heterocycles. The summed E-state index contributed by atoms with van der Waals surface area (Å²) in [5, 5.41) is 0. The third kappa shape index (κ3) is 2.23. The lowest BCUT2D eigenvalue weighted by Crippen LogP contribution is -2.60. The fourth-order valence-electron chi connectivity index (χ4n) is 6.61. The standard InChI is InChI=1S/C18H29N/c1-4-5-6-7-15(19)18-10-14-8-16(2,12-18)11-17(3,9-14)13-18/h14-15H,6-13,19H2,1-3H3. The smallest absolute Gasteiger partial charge is 0.0105 e. The van der Waals surface area contributed by atoms with Gasteiger partial charge in [-0.2, -0.15) is 0 Å². The van der Waals surface area contributed by atoms with Crippen molar-refractivity contribution >= 4 is 0 Å². The molecule has 4 aliphatic carbocycles. The van der Waals surface area contributed by atoms with Crippen molar-refractivity contribution < 1.29 is 0 Å². The Morgan fingerprint density at radius 2 is 1.74 bits per heavy atom. The first-order valence-electron chi connectivity index (χ1n) is 8.04. The van der Waals surface area contributed by atoms with Crippen LogP contribution in [0.3, 0.4) is 0 Å². The van der Waals surface area contributed by atoms with Gasteiger partial charge in [0, 0.05) is 12.5 Å². The number of hydrogen-bond acceptors (Lipinski definition) is 1. The van der Waals surface area contributed by atoms with E-state index >= 15 is 0 Å². The summed E-state index contributed by atoms with van der Waals surface area (Å²) >= 11 is 0. The van der Waals surface area contributed by atoms with Crippen molar-refractivity contribution in [2.45, 2.75) is 78.2 Å². The first-order valence-corrected chi connectivity index (χ1v) is 8.04. The molecule has 1 nitrogen and oxygen atoms in total. The Labute approximate surface area is 118 Å². The van der Waals surface area contributed by atoms with E-state index in [2.05, 4.69) is 25.7 Å². The van der Waals surface area contributed by atoms with Gasteiger partial charge in [0.05, 0.1) is 0 Å². The minimum atomic E-state index is 0.371. The number of hydrogen-bond donors (Lipinski definition) is 1. The molecule has 0 amide bonds. The minimum absolute atomic E-state index is 0.371. The lowest BCUT2D eigenvalue weighted by atomic mass is 9.39. The van der Waals surface area contributed by atoms with E-state index in [0.717, 1.165) is 18.8 Å². The predicted octanol–water partition coefficient (Wildman–Crippen LogP) is 4.11. The average molecular weight is 259 g/mol. The molecule has 0 aliphatic heterocycles. The van der Waals surface area contributed by atoms with Crippen LogP contribution in [0.1, 0.15) is 72.1 Å². The lowest BCUT2D eigenvalue weighted by molar-refractivity contribution is -0.154. The largest absolute Gasteiger partial charge is 0.327 e. The van der Waals surface area contributed by atoms with Gasteiger partial charge in [0.15, 0.2) is 0 Å². The molecule has 4 bridgehead atoms. The van der Waals surface area contributed by atoms with Gasteiger partial charge in [0.2, 0.25) is 0 Å². The molecule has 1 heteroatoms. The molecule has 0 aromatic heterocycles. The topological polar surface area (TPSA) is 26.0 Å². The molecular formula is C18H29N. The van der Waals surface area contributed by atoms with E-state index in [-0.39, 0.29) is 0 Å². The third-order valence-electron chi connectivity index (χ3n) is 6.21. The number of nitrogens with two attached hydrogens (primary N) is 1. The summed E-state index contributed by atoms with van der Waals surface area (Å²) in [5.74, 6) is 7.16. The maximum atomic E-state index is 6.66. The molecule has 0 spiro atoms. The zero-order valence-electron chi connectivity index (χ0n) is 12.9. The summed E-state index contributed by atoms with van der Waals surface area (Å²) in [6.45, 7) is 6.99. The molecule has 0 aromatic rings. The summed E-state index contributed by atoms with van der Waals surface area (Å²) < 4.78 is 0. The zero-order chi connectivity index (χ0) is 13.7. The molecule has 0 radical (unpaired) electrons. The molecule has 4 fully saturated rings. The summed E-state index contributed by atoms with van der Waals surface area (Å²) in [6.07, 6.45) is 10.6. The Morgan fingerprint density at radius 1 is 1.11 bits per heavy atom. The van der Waals surface area contributed by atoms with E-state index in [4.69, 9.17) is 5.73 Å². The Morgan fingerprint density at radius 3 is 2.26 bits per heavy atom. The first kappa shape index (κ1) is 13.5. The second-order valence-electron chi connectivity index (χ2n) is 8.56. The quantitative estimate of drug-likeness (QED) is 0.758. The highest BCUT2D eigenvalue weighted by Gasteiger charge is 2.61. The van der Waals surface area contributed by atoms with Crippen molar-refractivity contribution in [3.05, 3.63) is 0 Å².